The summed E-state index contributed by atoms with van der Waals surface area (Å²) in [5.74, 6) is 0.896. The van der Waals surface area contributed by atoms with Gasteiger partial charge in [-0.2, -0.15) is 0 Å². The molecule has 0 bridgehead atoms. The molecule has 1 nitrogen and oxygen atoms in total. The van der Waals surface area contributed by atoms with Crippen LogP contribution in [0.25, 0.3) is 0 Å². The molecular weight excluding hydrogens is 346 g/mol. The van der Waals surface area contributed by atoms with Gasteiger partial charge in [0.25, 0.3) is 0 Å². The van der Waals surface area contributed by atoms with Crippen molar-refractivity contribution in [3.63, 3.8) is 0 Å². The zero-order valence-electron chi connectivity index (χ0n) is 17.0. The second-order valence-electron chi connectivity index (χ2n) is 8.79. The molecule has 2 heteroatoms. The first kappa shape index (κ1) is 25.7. The first-order valence-corrected chi connectivity index (χ1v) is 10.2. The molecule has 0 saturated carbocycles. The van der Waals surface area contributed by atoms with Crippen molar-refractivity contribution in [2.45, 2.75) is 104 Å². The van der Waals surface area contributed by atoms with Crippen LogP contribution in [-0.4, -0.2) is 32.2 Å². The molecule has 0 aromatic rings. The minimum absolute atomic E-state index is 0. The average Bonchev–Trinajstić information content (AvgIpc) is 2.41. The van der Waals surface area contributed by atoms with Crippen molar-refractivity contribution in [1.29, 1.82) is 0 Å². The quantitative estimate of drug-likeness (QED) is 0.277. The van der Waals surface area contributed by atoms with Crippen LogP contribution in [0.3, 0.4) is 0 Å². The van der Waals surface area contributed by atoms with Crippen LogP contribution in [0, 0.1) is 5.92 Å². The molecule has 23 heavy (non-hydrogen) atoms. The molecule has 0 rings (SSSR count). The maximum absolute atomic E-state index is 2.34. The van der Waals surface area contributed by atoms with E-state index in [1.807, 2.05) is 0 Å². The summed E-state index contributed by atoms with van der Waals surface area (Å²) < 4.78 is 1.12. The molecule has 142 valence electrons. The molecule has 0 aliphatic carbocycles. The lowest BCUT2D eigenvalue weighted by molar-refractivity contribution is -0.870. The predicted molar refractivity (Wildman–Crippen MR) is 102 cm³/mol. The second kappa shape index (κ2) is 17.3. The first-order chi connectivity index (χ1) is 10.4. The normalized spacial score (nSPS) is 11.7. The van der Waals surface area contributed by atoms with Gasteiger partial charge in [0.15, 0.2) is 0 Å². The van der Waals surface area contributed by atoms with Gasteiger partial charge in [-0.3, -0.25) is 0 Å². The number of hydrogen-bond donors (Lipinski definition) is 0. The minimum Gasteiger partial charge on any atom is -1.00 e. The highest BCUT2D eigenvalue weighted by Crippen LogP contribution is 2.14. The van der Waals surface area contributed by atoms with Crippen LogP contribution in [0.15, 0.2) is 0 Å². The van der Waals surface area contributed by atoms with E-state index in [0.29, 0.717) is 0 Å². The van der Waals surface area contributed by atoms with Crippen LogP contribution < -0.4 is 17.0 Å². The third kappa shape index (κ3) is 24.8. The Morgan fingerprint density at radius 3 is 1.13 bits per heavy atom. The molecule has 0 unspecified atom stereocenters. The predicted octanol–water partition coefficient (Wildman–Crippen LogP) is 3.81. The lowest BCUT2D eigenvalue weighted by atomic mass is 10.0. The van der Waals surface area contributed by atoms with Gasteiger partial charge in [-0.25, -0.2) is 0 Å². The highest BCUT2D eigenvalue weighted by molar-refractivity contribution is 4.50. The molecule has 0 fully saturated rings. The van der Waals surface area contributed by atoms with Crippen molar-refractivity contribution >= 4 is 0 Å². The van der Waals surface area contributed by atoms with Gasteiger partial charge in [0.2, 0.25) is 0 Å². The summed E-state index contributed by atoms with van der Waals surface area (Å²) in [6.07, 6.45) is 20.4. The minimum atomic E-state index is 0. The molecule has 0 spiro atoms. The maximum Gasteiger partial charge on any atom is 0.0780 e. The van der Waals surface area contributed by atoms with E-state index in [2.05, 4.69) is 35.0 Å². The van der Waals surface area contributed by atoms with Crippen LogP contribution in [-0.2, 0) is 0 Å². The van der Waals surface area contributed by atoms with Gasteiger partial charge in [0.1, 0.15) is 0 Å². The van der Waals surface area contributed by atoms with Crippen LogP contribution in [0.1, 0.15) is 104 Å². The fourth-order valence-corrected chi connectivity index (χ4v) is 3.08. The zero-order valence-corrected chi connectivity index (χ0v) is 18.6. The van der Waals surface area contributed by atoms with Gasteiger partial charge in [-0.15, -0.1) is 0 Å². The monoisotopic (exact) mass is 391 g/mol. The fourth-order valence-electron chi connectivity index (χ4n) is 3.08. The topological polar surface area (TPSA) is 0 Å². The summed E-state index contributed by atoms with van der Waals surface area (Å²) in [5, 5.41) is 0. The van der Waals surface area contributed by atoms with Crippen molar-refractivity contribution in [1.82, 2.24) is 0 Å². The first-order valence-electron chi connectivity index (χ1n) is 10.2. The Labute approximate surface area is 159 Å². The van der Waals surface area contributed by atoms with Crippen molar-refractivity contribution in [3.8, 4) is 0 Å². The van der Waals surface area contributed by atoms with E-state index < -0.39 is 0 Å². The molecule has 0 heterocycles. The van der Waals surface area contributed by atoms with Gasteiger partial charge in [-0.05, 0) is 18.8 Å². The molecule has 0 saturated heterocycles. The lowest BCUT2D eigenvalue weighted by Crippen LogP contribution is -3.00. The molecule has 0 aromatic heterocycles. The molecule has 0 aliphatic rings. The summed E-state index contributed by atoms with van der Waals surface area (Å²) in [6.45, 7) is 6.00. The summed E-state index contributed by atoms with van der Waals surface area (Å²) >= 11 is 0. The zero-order chi connectivity index (χ0) is 16.7. The molecule has 0 atom stereocenters. The van der Waals surface area contributed by atoms with E-state index in [4.69, 9.17) is 0 Å². The van der Waals surface area contributed by atoms with E-state index in [1.165, 1.54) is 96.4 Å². The van der Waals surface area contributed by atoms with E-state index in [9.17, 15) is 0 Å². The van der Waals surface area contributed by atoms with Crippen LogP contribution in [0.4, 0.5) is 0 Å². The Balaban J connectivity index is 0. The number of rotatable bonds is 16. The van der Waals surface area contributed by atoms with E-state index in [0.717, 1.165) is 10.4 Å². The number of quaternary nitrogens is 1. The largest absolute Gasteiger partial charge is 1.00 e. The Kier molecular flexibility index (Phi) is 19.3. The molecule has 0 aliphatic heterocycles. The summed E-state index contributed by atoms with van der Waals surface area (Å²) in [4.78, 5) is 0. The highest BCUT2D eigenvalue weighted by atomic mass is 79.9. The Morgan fingerprint density at radius 2 is 0.826 bits per heavy atom. The smallest absolute Gasteiger partial charge is 0.0780 e. The molecular formula is C21H46BrN. The highest BCUT2D eigenvalue weighted by Gasteiger charge is 2.04. The average molecular weight is 393 g/mol. The Hall–Kier alpha value is 0.440. The van der Waals surface area contributed by atoms with Gasteiger partial charge < -0.3 is 21.5 Å². The van der Waals surface area contributed by atoms with Gasteiger partial charge >= 0.3 is 0 Å². The van der Waals surface area contributed by atoms with E-state index in [-0.39, 0.29) is 17.0 Å². The van der Waals surface area contributed by atoms with Crippen molar-refractivity contribution < 1.29 is 21.5 Å². The van der Waals surface area contributed by atoms with E-state index in [1.54, 1.807) is 0 Å². The van der Waals surface area contributed by atoms with Gasteiger partial charge in [-0.1, -0.05) is 90.9 Å². The molecule has 0 aromatic carbocycles. The molecule has 0 radical (unpaired) electrons. The van der Waals surface area contributed by atoms with Crippen molar-refractivity contribution in [3.05, 3.63) is 0 Å². The third-order valence-electron chi connectivity index (χ3n) is 4.61. The van der Waals surface area contributed by atoms with Crippen LogP contribution >= 0.6 is 0 Å². The SMILES string of the molecule is CC(C)CCCCCCCCCCCCCCC[N+](C)(C)C.[Br-]. The van der Waals surface area contributed by atoms with Crippen LogP contribution in [0.5, 0.6) is 0 Å². The Bertz CT molecular complexity index is 220. The Morgan fingerprint density at radius 1 is 0.522 bits per heavy atom. The standard InChI is InChI=1S/C21H46N.BrH/c1-21(2)19-17-15-13-11-9-7-6-8-10-12-14-16-18-20-22(3,4)5;/h21H,6-20H2,1-5H3;1H/q+1;/p-1. The number of hydrogen-bond acceptors (Lipinski definition) is 0. The maximum atomic E-state index is 2.34. The third-order valence-corrected chi connectivity index (χ3v) is 4.61. The number of halogens is 1. The van der Waals surface area contributed by atoms with Crippen molar-refractivity contribution in [2.24, 2.45) is 5.92 Å². The second-order valence-corrected chi connectivity index (χ2v) is 8.79. The van der Waals surface area contributed by atoms with Gasteiger partial charge in [0, 0.05) is 0 Å². The van der Waals surface area contributed by atoms with Crippen LogP contribution in [0.2, 0.25) is 0 Å². The van der Waals surface area contributed by atoms with Crippen molar-refractivity contribution in [2.75, 3.05) is 27.7 Å². The summed E-state index contributed by atoms with van der Waals surface area (Å²) in [5.41, 5.74) is 0. The summed E-state index contributed by atoms with van der Waals surface area (Å²) in [6, 6.07) is 0. The number of unbranched alkanes of at least 4 members (excludes halogenated alkanes) is 12. The summed E-state index contributed by atoms with van der Waals surface area (Å²) in [7, 11) is 6.89. The molecule has 0 amide bonds. The lowest BCUT2D eigenvalue weighted by Gasteiger charge is -2.23. The van der Waals surface area contributed by atoms with E-state index >= 15 is 0 Å². The molecule has 0 N–H and O–H groups in total. The fraction of sp³-hybridized carbons (Fsp3) is 1.00. The van der Waals surface area contributed by atoms with Gasteiger partial charge in [0.05, 0.1) is 27.7 Å². The number of nitrogens with zero attached hydrogens (tertiary/aromatic N) is 1.